The van der Waals surface area contributed by atoms with Gasteiger partial charge in [-0.25, -0.2) is 9.97 Å². The van der Waals surface area contributed by atoms with Crippen molar-refractivity contribution >= 4 is 11.6 Å². The SMILES string of the molecule is CCNc1cc(N(CC)C(C)CC)nc(C(C)(C)C)n1. The fourth-order valence-corrected chi connectivity index (χ4v) is 2.11. The monoisotopic (exact) mass is 278 g/mol. The van der Waals surface area contributed by atoms with Gasteiger partial charge in [-0.05, 0) is 27.2 Å². The van der Waals surface area contributed by atoms with Crippen LogP contribution in [-0.4, -0.2) is 29.1 Å². The molecule has 0 fully saturated rings. The van der Waals surface area contributed by atoms with Crippen molar-refractivity contribution in [3.05, 3.63) is 11.9 Å². The van der Waals surface area contributed by atoms with E-state index in [0.717, 1.165) is 37.0 Å². The van der Waals surface area contributed by atoms with Crippen LogP contribution in [0.1, 0.15) is 60.7 Å². The lowest BCUT2D eigenvalue weighted by Gasteiger charge is -2.30. The molecule has 1 heterocycles. The molecule has 0 spiro atoms. The average molecular weight is 278 g/mol. The van der Waals surface area contributed by atoms with Crippen molar-refractivity contribution in [2.45, 2.75) is 66.3 Å². The van der Waals surface area contributed by atoms with Gasteiger partial charge in [-0.2, -0.15) is 0 Å². The smallest absolute Gasteiger partial charge is 0.138 e. The van der Waals surface area contributed by atoms with Gasteiger partial charge < -0.3 is 10.2 Å². The number of hydrogen-bond donors (Lipinski definition) is 1. The highest BCUT2D eigenvalue weighted by Gasteiger charge is 2.21. The Balaban J connectivity index is 3.26. The standard InChI is InChI=1S/C16H30N4/c1-8-12(4)20(10-3)14-11-13(17-9-2)18-15(19-14)16(5,6)7/h11-12H,8-10H2,1-7H3,(H,17,18,19). The summed E-state index contributed by atoms with van der Waals surface area (Å²) in [4.78, 5) is 11.8. The summed E-state index contributed by atoms with van der Waals surface area (Å²) in [6.45, 7) is 17.0. The zero-order valence-corrected chi connectivity index (χ0v) is 14.1. The van der Waals surface area contributed by atoms with Gasteiger partial charge >= 0.3 is 0 Å². The lowest BCUT2D eigenvalue weighted by molar-refractivity contribution is 0.540. The molecule has 0 radical (unpaired) electrons. The van der Waals surface area contributed by atoms with Crippen LogP contribution in [0, 0.1) is 0 Å². The second-order valence-electron chi connectivity index (χ2n) is 6.26. The molecule has 20 heavy (non-hydrogen) atoms. The number of hydrogen-bond acceptors (Lipinski definition) is 4. The largest absolute Gasteiger partial charge is 0.370 e. The highest BCUT2D eigenvalue weighted by Crippen LogP contribution is 2.25. The van der Waals surface area contributed by atoms with Gasteiger partial charge in [0.05, 0.1) is 0 Å². The van der Waals surface area contributed by atoms with Gasteiger partial charge in [-0.15, -0.1) is 0 Å². The fraction of sp³-hybridized carbons (Fsp3) is 0.750. The topological polar surface area (TPSA) is 41.0 Å². The van der Waals surface area contributed by atoms with Gasteiger partial charge in [-0.1, -0.05) is 27.7 Å². The van der Waals surface area contributed by atoms with Crippen LogP contribution in [0.15, 0.2) is 6.07 Å². The van der Waals surface area contributed by atoms with E-state index in [1.807, 2.05) is 0 Å². The summed E-state index contributed by atoms with van der Waals surface area (Å²) in [6.07, 6.45) is 1.11. The number of aromatic nitrogens is 2. The molecule has 1 atom stereocenters. The van der Waals surface area contributed by atoms with Gasteiger partial charge in [0.15, 0.2) is 0 Å². The summed E-state index contributed by atoms with van der Waals surface area (Å²) in [5, 5.41) is 3.32. The zero-order chi connectivity index (χ0) is 15.3. The van der Waals surface area contributed by atoms with Crippen molar-refractivity contribution in [1.82, 2.24) is 9.97 Å². The van der Waals surface area contributed by atoms with Gasteiger partial charge in [0.1, 0.15) is 17.5 Å². The van der Waals surface area contributed by atoms with E-state index in [1.165, 1.54) is 0 Å². The lowest BCUT2D eigenvalue weighted by atomic mass is 9.95. The minimum atomic E-state index is -0.0466. The number of anilines is 2. The second kappa shape index (κ2) is 6.91. The van der Waals surface area contributed by atoms with Crippen molar-refractivity contribution in [3.8, 4) is 0 Å². The number of nitrogens with one attached hydrogen (secondary N) is 1. The molecule has 0 amide bonds. The maximum Gasteiger partial charge on any atom is 0.138 e. The predicted molar refractivity (Wildman–Crippen MR) is 87.7 cm³/mol. The molecule has 4 nitrogen and oxygen atoms in total. The Labute approximate surface area is 124 Å². The maximum atomic E-state index is 4.80. The summed E-state index contributed by atoms with van der Waals surface area (Å²) >= 11 is 0. The molecule has 0 aliphatic carbocycles. The molecular weight excluding hydrogens is 248 g/mol. The van der Waals surface area contributed by atoms with E-state index >= 15 is 0 Å². The van der Waals surface area contributed by atoms with Gasteiger partial charge in [-0.3, -0.25) is 0 Å². The first-order valence-electron chi connectivity index (χ1n) is 7.73. The number of rotatable bonds is 6. The Kier molecular flexibility index (Phi) is 5.78. The quantitative estimate of drug-likeness (QED) is 0.858. The molecule has 1 rings (SSSR count). The van der Waals surface area contributed by atoms with Crippen LogP contribution in [0.5, 0.6) is 0 Å². The van der Waals surface area contributed by atoms with E-state index in [9.17, 15) is 0 Å². The van der Waals surface area contributed by atoms with Gasteiger partial charge in [0.25, 0.3) is 0 Å². The molecule has 0 aromatic carbocycles. The van der Waals surface area contributed by atoms with Crippen LogP contribution in [0.3, 0.4) is 0 Å². The first-order valence-corrected chi connectivity index (χ1v) is 7.73. The third-order valence-electron chi connectivity index (χ3n) is 3.50. The second-order valence-corrected chi connectivity index (χ2v) is 6.26. The minimum absolute atomic E-state index is 0.0466. The van der Waals surface area contributed by atoms with Crippen LogP contribution in [0.2, 0.25) is 0 Å². The van der Waals surface area contributed by atoms with E-state index in [-0.39, 0.29) is 5.41 Å². The van der Waals surface area contributed by atoms with Crippen molar-refractivity contribution in [2.24, 2.45) is 0 Å². The number of nitrogens with zero attached hydrogens (tertiary/aromatic N) is 3. The van der Waals surface area contributed by atoms with Crippen LogP contribution >= 0.6 is 0 Å². The molecule has 1 unspecified atom stereocenters. The van der Waals surface area contributed by atoms with Crippen molar-refractivity contribution < 1.29 is 0 Å². The normalized spacial score (nSPS) is 13.2. The highest BCUT2D eigenvalue weighted by atomic mass is 15.2. The van der Waals surface area contributed by atoms with Crippen molar-refractivity contribution in [3.63, 3.8) is 0 Å². The summed E-state index contributed by atoms with van der Waals surface area (Å²) in [5.74, 6) is 2.84. The van der Waals surface area contributed by atoms with E-state index in [0.29, 0.717) is 6.04 Å². The summed E-state index contributed by atoms with van der Waals surface area (Å²) < 4.78 is 0. The van der Waals surface area contributed by atoms with Gasteiger partial charge in [0, 0.05) is 30.6 Å². The van der Waals surface area contributed by atoms with Crippen molar-refractivity contribution in [1.29, 1.82) is 0 Å². The molecule has 1 N–H and O–H groups in total. The minimum Gasteiger partial charge on any atom is -0.370 e. The third kappa shape index (κ3) is 4.09. The first kappa shape index (κ1) is 16.7. The van der Waals surface area contributed by atoms with Crippen LogP contribution in [0.25, 0.3) is 0 Å². The molecule has 1 aromatic rings. The van der Waals surface area contributed by atoms with Crippen LogP contribution < -0.4 is 10.2 Å². The Bertz CT molecular complexity index is 423. The van der Waals surface area contributed by atoms with E-state index in [1.54, 1.807) is 0 Å². The Morgan fingerprint density at radius 2 is 1.85 bits per heavy atom. The van der Waals surface area contributed by atoms with Crippen molar-refractivity contribution in [2.75, 3.05) is 23.3 Å². The summed E-state index contributed by atoms with van der Waals surface area (Å²) in [6, 6.07) is 2.55. The Morgan fingerprint density at radius 1 is 1.20 bits per heavy atom. The lowest BCUT2D eigenvalue weighted by Crippen LogP contribution is -2.34. The molecule has 0 aliphatic rings. The molecule has 0 aliphatic heterocycles. The fourth-order valence-electron chi connectivity index (χ4n) is 2.11. The van der Waals surface area contributed by atoms with Crippen LogP contribution in [-0.2, 0) is 5.41 Å². The first-order chi connectivity index (χ1) is 9.33. The van der Waals surface area contributed by atoms with Crippen LogP contribution in [0.4, 0.5) is 11.6 Å². The Morgan fingerprint density at radius 3 is 2.30 bits per heavy atom. The summed E-state index contributed by atoms with van der Waals surface area (Å²) in [7, 11) is 0. The maximum absolute atomic E-state index is 4.80. The molecule has 0 saturated heterocycles. The average Bonchev–Trinajstić information content (AvgIpc) is 2.38. The highest BCUT2D eigenvalue weighted by molar-refractivity contribution is 5.50. The van der Waals surface area contributed by atoms with E-state index in [2.05, 4.69) is 69.7 Å². The molecule has 114 valence electrons. The zero-order valence-electron chi connectivity index (χ0n) is 14.1. The van der Waals surface area contributed by atoms with Gasteiger partial charge in [0.2, 0.25) is 0 Å². The van der Waals surface area contributed by atoms with E-state index in [4.69, 9.17) is 4.98 Å². The molecule has 4 heteroatoms. The van der Waals surface area contributed by atoms with E-state index < -0.39 is 0 Å². The Hall–Kier alpha value is -1.32. The summed E-state index contributed by atoms with van der Waals surface area (Å²) in [5.41, 5.74) is -0.0466. The third-order valence-corrected chi connectivity index (χ3v) is 3.50. The molecular formula is C16H30N4. The molecule has 1 aromatic heterocycles. The predicted octanol–water partition coefficient (Wildman–Crippen LogP) is 3.83. The molecule has 0 bridgehead atoms. The molecule has 0 saturated carbocycles.